The third-order valence-corrected chi connectivity index (χ3v) is 10.2. The lowest BCUT2D eigenvalue weighted by molar-refractivity contribution is -0.132. The number of carbonyl (C=O) groups excluding carboxylic acids is 2. The molecule has 1 fully saturated rings. The first kappa shape index (κ1) is 30.0. The van der Waals surface area contributed by atoms with Crippen LogP contribution in [-0.4, -0.2) is 39.7 Å². The lowest BCUT2D eigenvalue weighted by Crippen LogP contribution is -2.29. The molecule has 10 heteroatoms. The Morgan fingerprint density at radius 1 is 1.04 bits per heavy atom. The topological polar surface area (TPSA) is 102 Å². The number of anilines is 1. The maximum absolute atomic E-state index is 13.8. The van der Waals surface area contributed by atoms with Crippen LogP contribution >= 0.6 is 23.1 Å². The highest BCUT2D eigenvalue weighted by molar-refractivity contribution is 8.00. The highest BCUT2D eigenvalue weighted by Crippen LogP contribution is 2.45. The minimum Gasteiger partial charge on any atom is -0.507 e. The summed E-state index contributed by atoms with van der Waals surface area (Å²) in [6.45, 7) is 4.52. The van der Waals surface area contributed by atoms with Gasteiger partial charge in [-0.15, -0.1) is 10.2 Å². The van der Waals surface area contributed by atoms with Crippen LogP contribution in [0.1, 0.15) is 48.6 Å². The molecule has 1 saturated heterocycles. The fourth-order valence-corrected chi connectivity index (χ4v) is 7.85. The molecule has 2 aliphatic heterocycles. The van der Waals surface area contributed by atoms with E-state index in [1.807, 2.05) is 62.4 Å². The number of fused-ring (bicyclic) bond motifs is 2. The summed E-state index contributed by atoms with van der Waals surface area (Å²) in [4.78, 5) is 28.9. The molecule has 0 spiro atoms. The number of benzene rings is 4. The van der Waals surface area contributed by atoms with Crippen molar-refractivity contribution in [3.05, 3.63) is 113 Å². The number of aliphatic hydroxyl groups excluding tert-OH is 1. The zero-order chi connectivity index (χ0) is 31.8. The predicted octanol–water partition coefficient (Wildman–Crippen LogP) is 7.72. The molecule has 0 saturated carbocycles. The number of ether oxygens (including phenoxy) is 2. The Balaban J connectivity index is 1.26. The Morgan fingerprint density at radius 2 is 1.87 bits per heavy atom. The van der Waals surface area contributed by atoms with Gasteiger partial charge < -0.3 is 14.6 Å². The second-order valence-electron chi connectivity index (χ2n) is 11.3. The number of nitrogens with zero attached hydrogens (tertiary/aromatic N) is 3. The second-order valence-corrected chi connectivity index (χ2v) is 13.5. The van der Waals surface area contributed by atoms with Gasteiger partial charge in [0, 0.05) is 17.7 Å². The number of rotatable bonds is 9. The van der Waals surface area contributed by atoms with E-state index in [0.29, 0.717) is 40.0 Å². The normalized spacial score (nSPS) is 18.6. The second kappa shape index (κ2) is 12.6. The van der Waals surface area contributed by atoms with E-state index in [-0.39, 0.29) is 22.6 Å². The molecule has 46 heavy (non-hydrogen) atoms. The molecule has 2 atom stereocenters. The first-order valence-electron chi connectivity index (χ1n) is 15.2. The van der Waals surface area contributed by atoms with Crippen molar-refractivity contribution >= 4 is 56.5 Å². The molecule has 7 rings (SSSR count). The molecule has 232 valence electrons. The van der Waals surface area contributed by atoms with E-state index in [0.717, 1.165) is 23.1 Å². The lowest BCUT2D eigenvalue weighted by Gasteiger charge is -2.23. The summed E-state index contributed by atoms with van der Waals surface area (Å²) >= 11 is 2.77. The lowest BCUT2D eigenvalue weighted by atomic mass is 9.94. The van der Waals surface area contributed by atoms with Crippen LogP contribution in [0, 0.1) is 0 Å². The van der Waals surface area contributed by atoms with Gasteiger partial charge in [0.05, 0.1) is 18.2 Å². The first-order valence-corrected chi connectivity index (χ1v) is 17.0. The third-order valence-electron chi connectivity index (χ3n) is 8.09. The highest BCUT2D eigenvalue weighted by atomic mass is 32.2. The number of hydrogen-bond donors (Lipinski definition) is 1. The van der Waals surface area contributed by atoms with Gasteiger partial charge in [0.15, 0.2) is 4.34 Å². The van der Waals surface area contributed by atoms with Crippen molar-refractivity contribution in [1.82, 2.24) is 10.2 Å². The SMILES string of the molecule is CCCOc1cccc([C@@H]2C(=C(O)c3ccc4c(c3)C[C@@H](C)O4)C(=O)C(=O)N2c2nnc(SCc3cccc4ccccc34)s2)c1. The van der Waals surface area contributed by atoms with Crippen LogP contribution < -0.4 is 14.4 Å². The van der Waals surface area contributed by atoms with Crippen LogP contribution in [0.15, 0.2) is 94.8 Å². The largest absolute Gasteiger partial charge is 0.507 e. The number of ketones is 1. The van der Waals surface area contributed by atoms with E-state index in [2.05, 4.69) is 34.5 Å². The van der Waals surface area contributed by atoms with E-state index in [9.17, 15) is 14.7 Å². The molecule has 5 aromatic rings. The molecule has 0 radical (unpaired) electrons. The van der Waals surface area contributed by atoms with Crippen LogP contribution in [0.3, 0.4) is 0 Å². The third kappa shape index (κ3) is 5.63. The standard InChI is InChI=1S/C36H31N3O5S2/c1-3-16-43-27-12-7-10-23(19-27)31-30(32(40)24-14-15-29-26(18-24)17-21(2)44-29)33(41)34(42)39(31)35-37-38-36(46-35)45-20-25-11-6-9-22-8-4-5-13-28(22)25/h4-15,18-19,21,31,40H,3,16-17,20H2,1-2H3/t21-,31-/m1/s1. The smallest absolute Gasteiger partial charge is 0.301 e. The molecule has 0 unspecified atom stereocenters. The number of hydrogen-bond acceptors (Lipinski definition) is 9. The van der Waals surface area contributed by atoms with Crippen LogP contribution in [0.5, 0.6) is 11.5 Å². The first-order chi connectivity index (χ1) is 22.4. The summed E-state index contributed by atoms with van der Waals surface area (Å²) in [6, 6.07) is 26.1. The Kier molecular flexibility index (Phi) is 8.23. The van der Waals surface area contributed by atoms with Crippen LogP contribution in [0.25, 0.3) is 16.5 Å². The average Bonchev–Trinajstić information content (AvgIpc) is 3.77. The van der Waals surface area contributed by atoms with E-state index in [4.69, 9.17) is 9.47 Å². The zero-order valence-corrected chi connectivity index (χ0v) is 26.9. The molecular weight excluding hydrogens is 619 g/mol. The van der Waals surface area contributed by atoms with Gasteiger partial charge in [-0.3, -0.25) is 14.5 Å². The fraction of sp³-hybridized carbons (Fsp3) is 0.222. The summed E-state index contributed by atoms with van der Waals surface area (Å²) in [6.07, 6.45) is 1.54. The van der Waals surface area contributed by atoms with Crippen molar-refractivity contribution in [1.29, 1.82) is 0 Å². The summed E-state index contributed by atoms with van der Waals surface area (Å²) in [5.41, 5.74) is 3.16. The number of aliphatic hydroxyl groups is 1. The number of thioether (sulfide) groups is 1. The van der Waals surface area contributed by atoms with Gasteiger partial charge in [-0.25, -0.2) is 0 Å². The molecule has 8 nitrogen and oxygen atoms in total. The van der Waals surface area contributed by atoms with Crippen molar-refractivity contribution in [3.63, 3.8) is 0 Å². The van der Waals surface area contributed by atoms with E-state index >= 15 is 0 Å². The fourth-order valence-electron chi connectivity index (χ4n) is 5.98. The van der Waals surface area contributed by atoms with Gasteiger partial charge in [0.2, 0.25) is 5.13 Å². The van der Waals surface area contributed by atoms with E-state index < -0.39 is 17.7 Å². The van der Waals surface area contributed by atoms with Crippen molar-refractivity contribution in [2.24, 2.45) is 0 Å². The van der Waals surface area contributed by atoms with E-state index in [1.165, 1.54) is 38.9 Å². The summed E-state index contributed by atoms with van der Waals surface area (Å²) in [7, 11) is 0. The van der Waals surface area contributed by atoms with Crippen LogP contribution in [-0.2, 0) is 21.8 Å². The predicted molar refractivity (Wildman–Crippen MR) is 181 cm³/mol. The Morgan fingerprint density at radius 3 is 2.74 bits per heavy atom. The van der Waals surface area contributed by atoms with E-state index in [1.54, 1.807) is 12.1 Å². The summed E-state index contributed by atoms with van der Waals surface area (Å²) in [5.74, 6) is 0.221. The summed E-state index contributed by atoms with van der Waals surface area (Å²) in [5, 5.41) is 23.1. The maximum Gasteiger partial charge on any atom is 0.301 e. The molecule has 1 N–H and O–H groups in total. The highest BCUT2D eigenvalue weighted by Gasteiger charge is 2.48. The molecule has 0 bridgehead atoms. The van der Waals surface area contributed by atoms with Gasteiger partial charge >= 0.3 is 5.91 Å². The number of amides is 1. The minimum atomic E-state index is -0.933. The quantitative estimate of drug-likeness (QED) is 0.0570. The van der Waals surface area contributed by atoms with Gasteiger partial charge in [-0.05, 0) is 71.1 Å². The monoisotopic (exact) mass is 649 g/mol. The molecular formula is C36H31N3O5S2. The van der Waals surface area contributed by atoms with Gasteiger partial charge in [0.25, 0.3) is 5.78 Å². The maximum atomic E-state index is 13.8. The molecule has 3 heterocycles. The Bertz CT molecular complexity index is 2000. The Hall–Kier alpha value is -4.67. The van der Waals surface area contributed by atoms with Gasteiger partial charge in [-0.1, -0.05) is 84.6 Å². The molecule has 0 aliphatic carbocycles. The Labute approximate surface area is 274 Å². The van der Waals surface area contributed by atoms with Gasteiger partial charge in [-0.2, -0.15) is 0 Å². The molecule has 2 aliphatic rings. The molecule has 1 amide bonds. The van der Waals surface area contributed by atoms with Crippen molar-refractivity contribution < 1.29 is 24.2 Å². The number of carbonyl (C=O) groups is 2. The molecule has 1 aromatic heterocycles. The minimum absolute atomic E-state index is 0.00952. The van der Waals surface area contributed by atoms with Crippen molar-refractivity contribution in [3.8, 4) is 11.5 Å². The number of Topliss-reactive ketones (excluding diaryl/α,β-unsaturated/α-hetero) is 1. The van der Waals surface area contributed by atoms with Crippen LogP contribution in [0.2, 0.25) is 0 Å². The van der Waals surface area contributed by atoms with Crippen LogP contribution in [0.4, 0.5) is 5.13 Å². The van der Waals surface area contributed by atoms with Crippen molar-refractivity contribution in [2.45, 2.75) is 48.9 Å². The zero-order valence-electron chi connectivity index (χ0n) is 25.3. The average molecular weight is 650 g/mol. The van der Waals surface area contributed by atoms with Gasteiger partial charge in [0.1, 0.15) is 23.4 Å². The summed E-state index contributed by atoms with van der Waals surface area (Å²) < 4.78 is 12.4. The number of aromatic nitrogens is 2. The molecule has 4 aromatic carbocycles. The van der Waals surface area contributed by atoms with Crippen molar-refractivity contribution in [2.75, 3.05) is 11.5 Å².